The lowest BCUT2D eigenvalue weighted by Crippen LogP contribution is -2.36. The van der Waals surface area contributed by atoms with Gasteiger partial charge in [-0.3, -0.25) is 4.68 Å². The molecule has 0 bridgehead atoms. The van der Waals surface area contributed by atoms with Crippen LogP contribution in [0.5, 0.6) is 0 Å². The van der Waals surface area contributed by atoms with E-state index in [1.165, 1.54) is 25.4 Å². The Balaban J connectivity index is 2.07. The van der Waals surface area contributed by atoms with E-state index >= 15 is 0 Å². The van der Waals surface area contributed by atoms with Crippen molar-refractivity contribution in [3.63, 3.8) is 0 Å². The zero-order valence-corrected chi connectivity index (χ0v) is 15.5. The van der Waals surface area contributed by atoms with Crippen LogP contribution in [-0.4, -0.2) is 40.7 Å². The second-order valence-corrected chi connectivity index (χ2v) is 6.21. The summed E-state index contributed by atoms with van der Waals surface area (Å²) in [5.74, 6) is -6.97. The van der Waals surface area contributed by atoms with E-state index in [9.17, 15) is 35.1 Å². The highest BCUT2D eigenvalue weighted by Crippen LogP contribution is 2.49. The molecule has 1 N–H and O–H groups in total. The van der Waals surface area contributed by atoms with Crippen LogP contribution in [-0.2, 0) is 19.1 Å². The summed E-state index contributed by atoms with van der Waals surface area (Å²) in [5, 5.41) is 8.92. The second-order valence-electron chi connectivity index (χ2n) is 6.21. The minimum Gasteiger partial charge on any atom is -0.360 e. The Morgan fingerprint density at radius 1 is 0.968 bits per heavy atom. The number of alkyl halides is 8. The van der Waals surface area contributed by atoms with Gasteiger partial charge in [-0.25, -0.2) is 15.0 Å². The summed E-state index contributed by atoms with van der Waals surface area (Å²) >= 11 is 0. The van der Waals surface area contributed by atoms with Crippen molar-refractivity contribution in [2.24, 2.45) is 7.05 Å². The number of anilines is 1. The van der Waals surface area contributed by atoms with Crippen LogP contribution in [0, 0.1) is 0 Å². The van der Waals surface area contributed by atoms with Gasteiger partial charge in [0, 0.05) is 19.4 Å². The molecule has 0 amide bonds. The predicted octanol–water partition coefficient (Wildman–Crippen LogP) is 3.64. The highest BCUT2D eigenvalue weighted by Gasteiger charge is 2.64. The maximum absolute atomic E-state index is 13.8. The van der Waals surface area contributed by atoms with E-state index in [-0.39, 0.29) is 16.5 Å². The smallest absolute Gasteiger partial charge is 0.360 e. The number of rotatable bonds is 5. The minimum atomic E-state index is -6.28. The highest BCUT2D eigenvalue weighted by molar-refractivity contribution is 5.52. The van der Waals surface area contributed by atoms with Gasteiger partial charge in [-0.05, 0) is 13.0 Å². The third-order valence-corrected chi connectivity index (χ3v) is 4.04. The average Bonchev–Trinajstić information content (AvgIpc) is 3.27. The summed E-state index contributed by atoms with van der Waals surface area (Å²) in [6.45, 7) is 1.29. The van der Waals surface area contributed by atoms with Gasteiger partial charge in [0.25, 0.3) is 5.95 Å². The normalized spacial score (nSPS) is 14.0. The molecule has 0 aliphatic carbocycles. The van der Waals surface area contributed by atoms with Gasteiger partial charge in [0.2, 0.25) is 0 Å². The van der Waals surface area contributed by atoms with E-state index in [0.717, 1.165) is 18.1 Å². The van der Waals surface area contributed by atoms with Crippen LogP contribution in [0.25, 0.3) is 5.95 Å². The molecule has 31 heavy (non-hydrogen) atoms. The molecule has 3 rings (SSSR count). The van der Waals surface area contributed by atoms with Crippen LogP contribution in [0.2, 0.25) is 0 Å². The molecule has 168 valence electrons. The van der Waals surface area contributed by atoms with Crippen molar-refractivity contribution >= 4 is 5.82 Å². The number of aromatic nitrogens is 7. The Hall–Kier alpha value is -3.33. The number of halogens is 8. The van der Waals surface area contributed by atoms with Crippen molar-refractivity contribution in [3.05, 3.63) is 41.9 Å². The van der Waals surface area contributed by atoms with Crippen LogP contribution >= 0.6 is 0 Å². The zero-order chi connectivity index (χ0) is 23.2. The molecule has 0 saturated carbocycles. The summed E-state index contributed by atoms with van der Waals surface area (Å²) in [5.41, 5.74) is -4.70. The number of nitrogens with one attached hydrogen (secondary N) is 1. The van der Waals surface area contributed by atoms with Crippen molar-refractivity contribution in [1.29, 1.82) is 0 Å². The van der Waals surface area contributed by atoms with Crippen molar-refractivity contribution in [2.75, 3.05) is 5.32 Å². The van der Waals surface area contributed by atoms with E-state index in [4.69, 9.17) is 0 Å². The Kier molecular flexibility index (Phi) is 5.35. The number of hydrogen-bond acceptors (Lipinski definition) is 6. The summed E-state index contributed by atoms with van der Waals surface area (Å²) in [4.78, 5) is 11.7. The Morgan fingerprint density at radius 2 is 1.58 bits per heavy atom. The van der Waals surface area contributed by atoms with Crippen molar-refractivity contribution in [2.45, 2.75) is 31.2 Å². The zero-order valence-electron chi connectivity index (χ0n) is 15.5. The van der Waals surface area contributed by atoms with Crippen LogP contribution in [0.1, 0.15) is 30.0 Å². The monoisotopic (exact) mass is 456 g/mol. The third-order valence-electron chi connectivity index (χ3n) is 4.04. The van der Waals surface area contributed by atoms with E-state index in [0.29, 0.717) is 0 Å². The number of nitrogens with zero attached hydrogens (tertiary/aromatic N) is 7. The third kappa shape index (κ3) is 4.00. The largest absolute Gasteiger partial charge is 0.459 e. The molecule has 3 aromatic rings. The Morgan fingerprint density at radius 3 is 2.13 bits per heavy atom. The summed E-state index contributed by atoms with van der Waals surface area (Å²) in [7, 11) is 0.797. The number of hydrogen-bond donors (Lipinski definition) is 1. The van der Waals surface area contributed by atoms with Gasteiger partial charge in [0.15, 0.2) is 11.5 Å². The molecule has 0 radical (unpaired) electrons. The lowest BCUT2D eigenvalue weighted by molar-refractivity contribution is -0.292. The standard InChI is InChI=1S/C15H12F8N8/c1-7(10-26-6-27-31(10)12-24-4-3-5-25-12)28-11-8(14(18,19)20)9(29-30(11)2)13(16,17)15(21,22)23/h3-7,28H,1-2H3. The first-order valence-electron chi connectivity index (χ1n) is 8.28. The lowest BCUT2D eigenvalue weighted by Gasteiger charge is -2.21. The lowest BCUT2D eigenvalue weighted by atomic mass is 10.1. The summed E-state index contributed by atoms with van der Waals surface area (Å²) in [6, 6.07) is 0.338. The van der Waals surface area contributed by atoms with E-state index in [2.05, 4.69) is 30.5 Å². The predicted molar refractivity (Wildman–Crippen MR) is 87.1 cm³/mol. The molecular weight excluding hydrogens is 444 g/mol. The molecule has 8 nitrogen and oxygen atoms in total. The molecule has 0 aliphatic heterocycles. The molecule has 0 saturated heterocycles. The van der Waals surface area contributed by atoms with Crippen LogP contribution in [0.15, 0.2) is 24.8 Å². The van der Waals surface area contributed by atoms with Crippen molar-refractivity contribution < 1.29 is 35.1 Å². The van der Waals surface area contributed by atoms with Crippen molar-refractivity contribution in [3.8, 4) is 5.95 Å². The molecule has 0 aliphatic rings. The molecule has 3 heterocycles. The molecule has 0 fully saturated rings. The van der Waals surface area contributed by atoms with Gasteiger partial charge in [-0.15, -0.1) is 0 Å². The van der Waals surface area contributed by atoms with E-state index in [1.807, 2.05) is 0 Å². The first-order valence-corrected chi connectivity index (χ1v) is 8.28. The first kappa shape index (κ1) is 22.4. The molecular formula is C15H12F8N8. The van der Waals surface area contributed by atoms with Crippen LogP contribution in [0.3, 0.4) is 0 Å². The maximum Gasteiger partial charge on any atom is 0.459 e. The Labute approximate surface area is 167 Å². The molecule has 0 aromatic carbocycles. The van der Waals surface area contributed by atoms with E-state index < -0.39 is 41.4 Å². The topological polar surface area (TPSA) is 86.3 Å². The molecule has 0 spiro atoms. The summed E-state index contributed by atoms with van der Waals surface area (Å²) in [6.07, 6.45) is -8.09. The van der Waals surface area contributed by atoms with Crippen molar-refractivity contribution in [1.82, 2.24) is 34.5 Å². The molecule has 1 unspecified atom stereocenters. The second kappa shape index (κ2) is 7.42. The average molecular weight is 456 g/mol. The molecule has 1 atom stereocenters. The van der Waals surface area contributed by atoms with Gasteiger partial charge >= 0.3 is 18.3 Å². The first-order chi connectivity index (χ1) is 14.2. The SMILES string of the molecule is CC(Nc1c(C(F)(F)F)c(C(F)(F)C(F)(F)F)nn1C)c1ncnn1-c1ncccn1. The highest BCUT2D eigenvalue weighted by atomic mass is 19.4. The van der Waals surface area contributed by atoms with Crippen LogP contribution < -0.4 is 5.32 Å². The fourth-order valence-corrected chi connectivity index (χ4v) is 2.68. The van der Waals surface area contributed by atoms with E-state index in [1.54, 1.807) is 0 Å². The van der Waals surface area contributed by atoms with Crippen LogP contribution in [0.4, 0.5) is 40.9 Å². The van der Waals surface area contributed by atoms with Gasteiger partial charge < -0.3 is 5.32 Å². The maximum atomic E-state index is 13.8. The van der Waals surface area contributed by atoms with Gasteiger partial charge in [0.05, 0.1) is 6.04 Å². The van der Waals surface area contributed by atoms with Gasteiger partial charge in [-0.1, -0.05) is 0 Å². The summed E-state index contributed by atoms with van der Waals surface area (Å²) < 4.78 is 108. The Bertz CT molecular complexity index is 1050. The van der Waals surface area contributed by atoms with Gasteiger partial charge in [-0.2, -0.15) is 50.0 Å². The molecule has 3 aromatic heterocycles. The molecule has 16 heteroatoms. The fourth-order valence-electron chi connectivity index (χ4n) is 2.68. The van der Waals surface area contributed by atoms with Gasteiger partial charge in [0.1, 0.15) is 17.7 Å². The quantitative estimate of drug-likeness (QED) is 0.591. The fraction of sp³-hybridized carbons (Fsp3) is 0.400. The number of aryl methyl sites for hydroxylation is 1. The minimum absolute atomic E-state index is 0.00833.